The third kappa shape index (κ3) is 6.77. The van der Waals surface area contributed by atoms with E-state index >= 15 is 0 Å². The molecule has 0 bridgehead atoms. The number of benzene rings is 2. The first-order chi connectivity index (χ1) is 10.7. The van der Waals surface area contributed by atoms with Gasteiger partial charge < -0.3 is 14.4 Å². The van der Waals surface area contributed by atoms with Crippen LogP contribution in [0.5, 0.6) is 5.75 Å². The van der Waals surface area contributed by atoms with Crippen molar-refractivity contribution in [2.75, 3.05) is 33.4 Å². The summed E-state index contributed by atoms with van der Waals surface area (Å²) in [5, 5.41) is 0. The molecule has 0 aliphatic heterocycles. The van der Waals surface area contributed by atoms with E-state index in [1.54, 1.807) is 0 Å². The van der Waals surface area contributed by atoms with Crippen molar-refractivity contribution in [3.8, 4) is 5.75 Å². The summed E-state index contributed by atoms with van der Waals surface area (Å²) >= 11 is 2.28. The van der Waals surface area contributed by atoms with Crippen LogP contribution in [0.1, 0.15) is 5.56 Å². The molecule has 118 valence electrons. The van der Waals surface area contributed by atoms with Crippen molar-refractivity contribution >= 4 is 22.6 Å². The summed E-state index contributed by atoms with van der Waals surface area (Å²) in [5.74, 6) is 0.899. The number of ether oxygens (including phenoxy) is 2. The van der Waals surface area contributed by atoms with Crippen LogP contribution in [0.4, 0.5) is 0 Å². The molecular weight excluding hydrogens is 389 g/mol. The number of hydrogen-bond acceptors (Lipinski definition) is 2. The average molecular weight is 412 g/mol. The number of nitrogens with one attached hydrogen (secondary N) is 1. The Bertz CT molecular complexity index is 531. The lowest BCUT2D eigenvalue weighted by atomic mass is 10.2. The Balaban J connectivity index is 1.53. The summed E-state index contributed by atoms with van der Waals surface area (Å²) in [7, 11) is 2.19. The molecule has 0 heterocycles. The van der Waals surface area contributed by atoms with Gasteiger partial charge in [0.05, 0.1) is 20.3 Å². The number of rotatable bonds is 9. The van der Waals surface area contributed by atoms with Crippen LogP contribution < -0.4 is 9.64 Å². The van der Waals surface area contributed by atoms with Crippen LogP contribution >= 0.6 is 22.6 Å². The number of quaternary nitrogens is 1. The van der Waals surface area contributed by atoms with Crippen molar-refractivity contribution in [2.45, 2.75) is 6.54 Å². The van der Waals surface area contributed by atoms with Crippen LogP contribution in [0.15, 0.2) is 54.6 Å². The zero-order valence-corrected chi connectivity index (χ0v) is 15.1. The van der Waals surface area contributed by atoms with Crippen LogP contribution in [-0.4, -0.2) is 33.4 Å². The van der Waals surface area contributed by atoms with E-state index in [4.69, 9.17) is 9.47 Å². The Morgan fingerprint density at radius 1 is 0.909 bits per heavy atom. The lowest BCUT2D eigenvalue weighted by Gasteiger charge is -2.14. The molecule has 0 fully saturated rings. The lowest BCUT2D eigenvalue weighted by Crippen LogP contribution is -3.08. The lowest BCUT2D eigenvalue weighted by molar-refractivity contribution is -0.894. The molecule has 0 aliphatic carbocycles. The number of hydrogen-bond donors (Lipinski definition) is 1. The topological polar surface area (TPSA) is 22.9 Å². The maximum Gasteiger partial charge on any atom is 0.119 e. The summed E-state index contributed by atoms with van der Waals surface area (Å²) in [6.45, 7) is 4.01. The molecule has 0 radical (unpaired) electrons. The maximum atomic E-state index is 5.64. The number of halogens is 1. The Kier molecular flexibility index (Phi) is 7.70. The normalized spacial score (nSPS) is 12.1. The summed E-state index contributed by atoms with van der Waals surface area (Å²) < 4.78 is 12.5. The minimum atomic E-state index is 0.596. The van der Waals surface area contributed by atoms with Crippen molar-refractivity contribution in [1.82, 2.24) is 0 Å². The third-order valence-corrected chi connectivity index (χ3v) is 4.05. The van der Waals surface area contributed by atoms with Gasteiger partial charge >= 0.3 is 0 Å². The minimum Gasteiger partial charge on any atom is -0.491 e. The second-order valence-electron chi connectivity index (χ2n) is 5.28. The molecule has 2 aromatic carbocycles. The van der Waals surface area contributed by atoms with Crippen LogP contribution in [0.3, 0.4) is 0 Å². The second-order valence-corrected chi connectivity index (χ2v) is 6.53. The second kappa shape index (κ2) is 9.82. The fourth-order valence-electron chi connectivity index (χ4n) is 2.13. The van der Waals surface area contributed by atoms with E-state index in [2.05, 4.69) is 60.0 Å². The molecule has 0 saturated heterocycles. The average Bonchev–Trinajstić information content (AvgIpc) is 2.53. The number of likely N-dealkylation sites (N-methyl/N-ethyl adjacent to an activating group) is 1. The predicted octanol–water partition coefficient (Wildman–Crippen LogP) is 2.40. The fourth-order valence-corrected chi connectivity index (χ4v) is 2.49. The third-order valence-electron chi connectivity index (χ3n) is 3.33. The van der Waals surface area contributed by atoms with E-state index in [9.17, 15) is 0 Å². The van der Waals surface area contributed by atoms with E-state index in [1.165, 1.54) is 14.0 Å². The highest BCUT2D eigenvalue weighted by molar-refractivity contribution is 14.1. The molecule has 2 rings (SSSR count). The quantitative estimate of drug-likeness (QED) is 0.505. The molecule has 1 N–H and O–H groups in total. The van der Waals surface area contributed by atoms with Gasteiger partial charge in [-0.05, 0) is 46.9 Å². The van der Waals surface area contributed by atoms with Crippen LogP contribution in [-0.2, 0) is 11.3 Å². The van der Waals surface area contributed by atoms with Gasteiger partial charge in [-0.2, -0.15) is 0 Å². The van der Waals surface area contributed by atoms with E-state index in [0.717, 1.165) is 25.4 Å². The largest absolute Gasteiger partial charge is 0.491 e. The molecule has 2 aromatic rings. The van der Waals surface area contributed by atoms with E-state index in [-0.39, 0.29) is 0 Å². The highest BCUT2D eigenvalue weighted by atomic mass is 127. The summed E-state index contributed by atoms with van der Waals surface area (Å²) in [5.41, 5.74) is 1.36. The predicted molar refractivity (Wildman–Crippen MR) is 97.4 cm³/mol. The van der Waals surface area contributed by atoms with Gasteiger partial charge in [-0.1, -0.05) is 30.3 Å². The van der Waals surface area contributed by atoms with Gasteiger partial charge in [0.2, 0.25) is 0 Å². The molecule has 0 aromatic heterocycles. The summed E-state index contributed by atoms with van der Waals surface area (Å²) in [6, 6.07) is 18.6. The van der Waals surface area contributed by atoms with Crippen molar-refractivity contribution in [3.05, 3.63) is 63.7 Å². The van der Waals surface area contributed by atoms with Gasteiger partial charge in [-0.3, -0.25) is 0 Å². The Morgan fingerprint density at radius 2 is 1.64 bits per heavy atom. The first-order valence-corrected chi connectivity index (χ1v) is 8.63. The smallest absolute Gasteiger partial charge is 0.119 e. The molecule has 1 atom stereocenters. The van der Waals surface area contributed by atoms with Crippen LogP contribution in [0, 0.1) is 3.57 Å². The van der Waals surface area contributed by atoms with Crippen molar-refractivity contribution in [2.24, 2.45) is 0 Å². The Hall–Kier alpha value is -1.11. The Labute approximate surface area is 146 Å². The monoisotopic (exact) mass is 412 g/mol. The van der Waals surface area contributed by atoms with Gasteiger partial charge in [-0.25, -0.2) is 0 Å². The molecule has 3 nitrogen and oxygen atoms in total. The molecule has 22 heavy (non-hydrogen) atoms. The Morgan fingerprint density at radius 3 is 2.36 bits per heavy atom. The fraction of sp³-hybridized carbons (Fsp3) is 0.333. The van der Waals surface area contributed by atoms with Crippen molar-refractivity contribution in [3.63, 3.8) is 0 Å². The highest BCUT2D eigenvalue weighted by Crippen LogP contribution is 2.13. The molecule has 4 heteroatoms. The maximum absolute atomic E-state index is 5.64. The van der Waals surface area contributed by atoms with Crippen LogP contribution in [0.2, 0.25) is 0 Å². The molecule has 0 amide bonds. The standard InChI is InChI=1S/C18H22INO2/c1-20(15-16-5-3-2-4-6-16)11-12-21-13-14-22-18-9-7-17(19)8-10-18/h2-10H,11-15H2,1H3/p+1. The van der Waals surface area contributed by atoms with E-state index in [1.807, 2.05) is 24.3 Å². The molecule has 0 spiro atoms. The van der Waals surface area contributed by atoms with Gasteiger partial charge in [0, 0.05) is 9.13 Å². The van der Waals surface area contributed by atoms with Gasteiger partial charge in [0.25, 0.3) is 0 Å². The first-order valence-electron chi connectivity index (χ1n) is 7.55. The highest BCUT2D eigenvalue weighted by Gasteiger charge is 2.03. The van der Waals surface area contributed by atoms with E-state index in [0.29, 0.717) is 13.2 Å². The zero-order chi connectivity index (χ0) is 15.6. The molecule has 0 saturated carbocycles. The summed E-state index contributed by atoms with van der Waals surface area (Å²) in [6.07, 6.45) is 0. The van der Waals surface area contributed by atoms with Gasteiger partial charge in [-0.15, -0.1) is 0 Å². The van der Waals surface area contributed by atoms with Crippen molar-refractivity contribution < 1.29 is 14.4 Å². The molecule has 1 unspecified atom stereocenters. The van der Waals surface area contributed by atoms with Crippen LogP contribution in [0.25, 0.3) is 0 Å². The van der Waals surface area contributed by atoms with E-state index < -0.39 is 0 Å². The SMILES string of the molecule is C[NH+](CCOCCOc1ccc(I)cc1)Cc1ccccc1. The first kappa shape index (κ1) is 17.2. The molecule has 0 aliphatic rings. The minimum absolute atomic E-state index is 0.596. The zero-order valence-electron chi connectivity index (χ0n) is 12.9. The van der Waals surface area contributed by atoms with Gasteiger partial charge in [0.1, 0.15) is 25.4 Å². The van der Waals surface area contributed by atoms with Crippen molar-refractivity contribution in [1.29, 1.82) is 0 Å². The molecular formula is C18H23INO2+. The van der Waals surface area contributed by atoms with Gasteiger partial charge in [0.15, 0.2) is 0 Å². The summed E-state index contributed by atoms with van der Waals surface area (Å²) in [4.78, 5) is 1.45.